The Balaban J connectivity index is 2.34. The number of carbonyl (C=O) groups is 1. The zero-order valence-electron chi connectivity index (χ0n) is 9.84. The number of amides is 1. The predicted octanol–water partition coefficient (Wildman–Crippen LogP) is 3.18. The molecule has 0 atom stereocenters. The third-order valence-corrected chi connectivity index (χ3v) is 3.22. The molecule has 1 aromatic carbocycles. The minimum atomic E-state index is -0.569. The van der Waals surface area contributed by atoms with Gasteiger partial charge < -0.3 is 5.32 Å². The van der Waals surface area contributed by atoms with Crippen LogP contribution < -0.4 is 5.32 Å². The van der Waals surface area contributed by atoms with Gasteiger partial charge in [-0.25, -0.2) is 4.39 Å². The first kappa shape index (κ1) is 12.8. The molecule has 0 bridgehead atoms. The van der Waals surface area contributed by atoms with E-state index >= 15 is 0 Å². The van der Waals surface area contributed by atoms with E-state index in [0.29, 0.717) is 15.9 Å². The van der Waals surface area contributed by atoms with Crippen LogP contribution in [0.3, 0.4) is 0 Å². The van der Waals surface area contributed by atoms with Crippen LogP contribution in [0, 0.1) is 19.7 Å². The highest BCUT2D eigenvalue weighted by atomic mass is 79.9. The molecule has 18 heavy (non-hydrogen) atoms. The van der Waals surface area contributed by atoms with E-state index in [1.54, 1.807) is 19.9 Å². The normalized spacial score (nSPS) is 10.4. The minimum absolute atomic E-state index is 0.0162. The lowest BCUT2D eigenvalue weighted by atomic mass is 10.2. The Morgan fingerprint density at radius 2 is 2.17 bits per heavy atom. The molecule has 94 valence electrons. The monoisotopic (exact) mass is 311 g/mol. The van der Waals surface area contributed by atoms with E-state index in [-0.39, 0.29) is 5.56 Å². The number of hydrogen-bond acceptors (Lipinski definition) is 2. The largest absolute Gasteiger partial charge is 0.319 e. The standard InChI is InChI=1S/C12H11BrFN3O/c1-6-11(7(2)17-16-6)15-12(18)10-8(13)4-3-5-9(10)14/h3-5H,1-2H3,(H,15,18)(H,16,17). The first-order valence-corrected chi connectivity index (χ1v) is 6.07. The van der Waals surface area contributed by atoms with Crippen molar-refractivity contribution in [1.29, 1.82) is 0 Å². The molecule has 1 amide bonds. The highest BCUT2D eigenvalue weighted by molar-refractivity contribution is 9.10. The number of rotatable bonds is 2. The number of anilines is 1. The average molecular weight is 312 g/mol. The number of halogens is 2. The predicted molar refractivity (Wildman–Crippen MR) is 70.1 cm³/mol. The van der Waals surface area contributed by atoms with Gasteiger partial charge in [0.2, 0.25) is 0 Å². The van der Waals surface area contributed by atoms with Gasteiger partial charge in [0.05, 0.1) is 22.6 Å². The molecule has 2 rings (SSSR count). The quantitative estimate of drug-likeness (QED) is 0.895. The molecule has 0 aliphatic heterocycles. The van der Waals surface area contributed by atoms with Gasteiger partial charge in [0, 0.05) is 4.47 Å². The van der Waals surface area contributed by atoms with E-state index < -0.39 is 11.7 Å². The summed E-state index contributed by atoms with van der Waals surface area (Å²) in [5.74, 6) is -1.08. The van der Waals surface area contributed by atoms with Crippen molar-refractivity contribution in [2.75, 3.05) is 5.32 Å². The molecule has 1 aromatic heterocycles. The van der Waals surface area contributed by atoms with Gasteiger partial charge in [-0.3, -0.25) is 9.89 Å². The Bertz CT molecular complexity index is 570. The molecular formula is C12H11BrFN3O. The average Bonchev–Trinajstić information content (AvgIpc) is 2.60. The van der Waals surface area contributed by atoms with Crippen LogP contribution in [0.1, 0.15) is 21.7 Å². The summed E-state index contributed by atoms with van der Waals surface area (Å²) in [5, 5.41) is 9.37. The number of carbonyl (C=O) groups excluding carboxylic acids is 1. The van der Waals surface area contributed by atoms with Crippen molar-refractivity contribution in [1.82, 2.24) is 10.2 Å². The van der Waals surface area contributed by atoms with E-state index in [9.17, 15) is 9.18 Å². The summed E-state index contributed by atoms with van der Waals surface area (Å²) < 4.78 is 14.0. The number of benzene rings is 1. The van der Waals surface area contributed by atoms with Gasteiger partial charge in [0.1, 0.15) is 5.82 Å². The molecule has 0 unspecified atom stereocenters. The van der Waals surface area contributed by atoms with Crippen LogP contribution >= 0.6 is 15.9 Å². The second-order valence-corrected chi connectivity index (χ2v) is 4.71. The van der Waals surface area contributed by atoms with Gasteiger partial charge >= 0.3 is 0 Å². The first-order valence-electron chi connectivity index (χ1n) is 5.27. The molecule has 6 heteroatoms. The van der Waals surface area contributed by atoms with Crippen LogP contribution in [0.5, 0.6) is 0 Å². The molecule has 2 aromatic rings. The molecule has 0 fully saturated rings. The van der Waals surface area contributed by atoms with Crippen molar-refractivity contribution < 1.29 is 9.18 Å². The van der Waals surface area contributed by atoms with Crippen LogP contribution in [0.2, 0.25) is 0 Å². The summed E-state index contributed by atoms with van der Waals surface area (Å²) in [6, 6.07) is 4.40. The zero-order valence-corrected chi connectivity index (χ0v) is 11.4. The van der Waals surface area contributed by atoms with Crippen LogP contribution in [-0.4, -0.2) is 16.1 Å². The van der Waals surface area contributed by atoms with E-state index in [1.807, 2.05) is 0 Å². The molecule has 2 N–H and O–H groups in total. The third-order valence-electron chi connectivity index (χ3n) is 2.56. The summed E-state index contributed by atoms with van der Waals surface area (Å²) in [5.41, 5.74) is 1.95. The highest BCUT2D eigenvalue weighted by Gasteiger charge is 2.17. The molecule has 0 radical (unpaired) electrons. The molecule has 0 aliphatic rings. The molecule has 0 saturated heterocycles. The van der Waals surface area contributed by atoms with E-state index in [2.05, 4.69) is 31.4 Å². The van der Waals surface area contributed by atoms with Crippen molar-refractivity contribution in [3.8, 4) is 0 Å². The van der Waals surface area contributed by atoms with E-state index in [1.165, 1.54) is 12.1 Å². The fourth-order valence-electron chi connectivity index (χ4n) is 1.63. The molecule has 0 spiro atoms. The lowest BCUT2D eigenvalue weighted by Gasteiger charge is -2.07. The van der Waals surface area contributed by atoms with Crippen molar-refractivity contribution in [2.24, 2.45) is 0 Å². The second kappa shape index (κ2) is 4.89. The smallest absolute Gasteiger partial charge is 0.259 e. The fraction of sp³-hybridized carbons (Fsp3) is 0.167. The topological polar surface area (TPSA) is 57.8 Å². The summed E-state index contributed by atoms with van der Waals surface area (Å²) in [6.07, 6.45) is 0. The van der Waals surface area contributed by atoms with Crippen molar-refractivity contribution >= 4 is 27.5 Å². The van der Waals surface area contributed by atoms with Crippen LogP contribution in [0.4, 0.5) is 10.1 Å². The number of nitrogens with one attached hydrogen (secondary N) is 2. The van der Waals surface area contributed by atoms with Gasteiger partial charge in [-0.1, -0.05) is 6.07 Å². The first-order chi connectivity index (χ1) is 8.50. The Labute approximate surface area is 112 Å². The molecule has 1 heterocycles. The minimum Gasteiger partial charge on any atom is -0.319 e. The van der Waals surface area contributed by atoms with E-state index in [4.69, 9.17) is 0 Å². The Hall–Kier alpha value is -1.69. The summed E-state index contributed by atoms with van der Waals surface area (Å²) in [4.78, 5) is 12.0. The van der Waals surface area contributed by atoms with Gasteiger partial charge in [-0.15, -0.1) is 0 Å². The van der Waals surface area contributed by atoms with Crippen molar-refractivity contribution in [3.63, 3.8) is 0 Å². The molecule has 4 nitrogen and oxygen atoms in total. The summed E-state index contributed by atoms with van der Waals surface area (Å²) in [6.45, 7) is 3.54. The lowest BCUT2D eigenvalue weighted by Crippen LogP contribution is -2.15. The molecular weight excluding hydrogens is 301 g/mol. The Morgan fingerprint density at radius 1 is 1.44 bits per heavy atom. The zero-order chi connectivity index (χ0) is 13.3. The fourth-order valence-corrected chi connectivity index (χ4v) is 2.15. The SMILES string of the molecule is Cc1n[nH]c(C)c1NC(=O)c1c(F)cccc1Br. The summed E-state index contributed by atoms with van der Waals surface area (Å²) >= 11 is 3.16. The van der Waals surface area contributed by atoms with Gasteiger partial charge in [-0.2, -0.15) is 5.10 Å². The molecule has 0 saturated carbocycles. The summed E-state index contributed by atoms with van der Waals surface area (Å²) in [7, 11) is 0. The Morgan fingerprint density at radius 3 is 2.72 bits per heavy atom. The molecule has 0 aliphatic carbocycles. The van der Waals surface area contributed by atoms with Crippen LogP contribution in [0.15, 0.2) is 22.7 Å². The maximum Gasteiger partial charge on any atom is 0.259 e. The van der Waals surface area contributed by atoms with Gasteiger partial charge in [0.15, 0.2) is 0 Å². The maximum absolute atomic E-state index is 13.6. The van der Waals surface area contributed by atoms with Crippen molar-refractivity contribution in [3.05, 3.63) is 45.4 Å². The van der Waals surface area contributed by atoms with Crippen molar-refractivity contribution in [2.45, 2.75) is 13.8 Å². The number of H-pyrrole nitrogens is 1. The number of aromatic amines is 1. The van der Waals surface area contributed by atoms with Gasteiger partial charge in [0.25, 0.3) is 5.91 Å². The number of aromatic nitrogens is 2. The second-order valence-electron chi connectivity index (χ2n) is 3.86. The number of aryl methyl sites for hydroxylation is 2. The number of nitrogens with zero attached hydrogens (tertiary/aromatic N) is 1. The number of hydrogen-bond donors (Lipinski definition) is 2. The Kier molecular flexibility index (Phi) is 3.47. The van der Waals surface area contributed by atoms with Crippen LogP contribution in [-0.2, 0) is 0 Å². The van der Waals surface area contributed by atoms with Crippen LogP contribution in [0.25, 0.3) is 0 Å². The maximum atomic E-state index is 13.6. The third kappa shape index (κ3) is 2.28. The van der Waals surface area contributed by atoms with Gasteiger partial charge in [-0.05, 0) is 41.9 Å². The van der Waals surface area contributed by atoms with E-state index in [0.717, 1.165) is 5.69 Å². The highest BCUT2D eigenvalue weighted by Crippen LogP contribution is 2.23. The lowest BCUT2D eigenvalue weighted by molar-refractivity contribution is 0.102.